The Kier molecular flexibility index (Phi) is 3.65. The summed E-state index contributed by atoms with van der Waals surface area (Å²) in [5.74, 6) is -0.482. The van der Waals surface area contributed by atoms with Crippen molar-refractivity contribution in [3.63, 3.8) is 0 Å². The third-order valence-corrected chi connectivity index (χ3v) is 2.41. The van der Waals surface area contributed by atoms with Gasteiger partial charge in [0.2, 0.25) is 0 Å². The van der Waals surface area contributed by atoms with Crippen molar-refractivity contribution >= 4 is 28.5 Å². The molecule has 0 bridgehead atoms. The van der Waals surface area contributed by atoms with Gasteiger partial charge >= 0.3 is 0 Å². The Hall–Kier alpha value is -0.650. The van der Waals surface area contributed by atoms with Crippen molar-refractivity contribution in [2.45, 2.75) is 6.92 Å². The summed E-state index contributed by atoms with van der Waals surface area (Å²) in [5.41, 5.74) is 0.517. The van der Waals surface area contributed by atoms with Gasteiger partial charge < -0.3 is 5.32 Å². The van der Waals surface area contributed by atoms with E-state index in [2.05, 4.69) is 5.32 Å². The SMILES string of the molecule is CCNC(=O)c1ccc(F)cc1I. The Bertz CT molecular complexity index is 327. The van der Waals surface area contributed by atoms with Crippen LogP contribution in [0, 0.1) is 9.39 Å². The second kappa shape index (κ2) is 4.55. The molecule has 1 aromatic carbocycles. The third-order valence-electron chi connectivity index (χ3n) is 1.51. The molecule has 0 spiro atoms. The molecule has 0 saturated carbocycles. The highest BCUT2D eigenvalue weighted by Gasteiger charge is 2.08. The number of nitrogens with one attached hydrogen (secondary N) is 1. The van der Waals surface area contributed by atoms with Crippen molar-refractivity contribution in [1.29, 1.82) is 0 Å². The molecule has 1 amide bonds. The van der Waals surface area contributed by atoms with E-state index in [-0.39, 0.29) is 11.7 Å². The molecule has 1 rings (SSSR count). The predicted octanol–water partition coefficient (Wildman–Crippen LogP) is 2.18. The van der Waals surface area contributed by atoms with Crippen LogP contribution >= 0.6 is 22.6 Å². The number of hydrogen-bond acceptors (Lipinski definition) is 1. The Labute approximate surface area is 89.7 Å². The fourth-order valence-corrected chi connectivity index (χ4v) is 1.65. The summed E-state index contributed by atoms with van der Waals surface area (Å²) in [7, 11) is 0. The van der Waals surface area contributed by atoms with Gasteiger partial charge in [-0.2, -0.15) is 0 Å². The first-order valence-corrected chi connectivity index (χ1v) is 4.96. The van der Waals surface area contributed by atoms with Gasteiger partial charge in [-0.1, -0.05) is 0 Å². The molecule has 0 heterocycles. The molecule has 0 aliphatic carbocycles. The quantitative estimate of drug-likeness (QED) is 0.832. The molecule has 0 aromatic heterocycles. The molecule has 2 nitrogen and oxygen atoms in total. The maximum absolute atomic E-state index is 12.7. The van der Waals surface area contributed by atoms with Crippen LogP contribution in [0.4, 0.5) is 4.39 Å². The Morgan fingerprint density at radius 2 is 2.31 bits per heavy atom. The molecule has 0 atom stereocenters. The van der Waals surface area contributed by atoms with Gasteiger partial charge in [0.05, 0.1) is 5.56 Å². The average Bonchev–Trinajstić information content (AvgIpc) is 2.04. The van der Waals surface area contributed by atoms with E-state index in [0.29, 0.717) is 15.7 Å². The van der Waals surface area contributed by atoms with Crippen LogP contribution in [0.5, 0.6) is 0 Å². The number of rotatable bonds is 2. The lowest BCUT2D eigenvalue weighted by Crippen LogP contribution is -2.23. The second-order valence-corrected chi connectivity index (χ2v) is 3.65. The molecule has 1 aromatic rings. The van der Waals surface area contributed by atoms with Crippen molar-refractivity contribution < 1.29 is 9.18 Å². The highest BCUT2D eigenvalue weighted by Crippen LogP contribution is 2.13. The maximum Gasteiger partial charge on any atom is 0.252 e. The van der Waals surface area contributed by atoms with Crippen LogP contribution in [0.2, 0.25) is 0 Å². The predicted molar refractivity (Wildman–Crippen MR) is 57.1 cm³/mol. The molecular formula is C9H9FINO. The first-order chi connectivity index (χ1) is 6.15. The highest BCUT2D eigenvalue weighted by atomic mass is 127. The molecule has 70 valence electrons. The molecule has 0 saturated heterocycles. The summed E-state index contributed by atoms with van der Waals surface area (Å²) in [6.45, 7) is 2.42. The minimum Gasteiger partial charge on any atom is -0.352 e. The van der Waals surface area contributed by atoms with Crippen molar-refractivity contribution in [2.75, 3.05) is 6.54 Å². The molecule has 13 heavy (non-hydrogen) atoms. The lowest BCUT2D eigenvalue weighted by atomic mass is 10.2. The summed E-state index contributed by atoms with van der Waals surface area (Å²) in [6, 6.07) is 4.11. The van der Waals surface area contributed by atoms with E-state index in [0.717, 1.165) is 0 Å². The van der Waals surface area contributed by atoms with Gasteiger partial charge in [-0.15, -0.1) is 0 Å². The smallest absolute Gasteiger partial charge is 0.252 e. The Morgan fingerprint density at radius 3 is 2.85 bits per heavy atom. The summed E-state index contributed by atoms with van der Waals surface area (Å²) < 4.78 is 13.3. The fourth-order valence-electron chi connectivity index (χ4n) is 0.929. The number of amides is 1. The van der Waals surface area contributed by atoms with Gasteiger partial charge in [0.1, 0.15) is 5.82 Å². The van der Waals surface area contributed by atoms with Crippen molar-refractivity contribution in [3.05, 3.63) is 33.1 Å². The summed E-state index contributed by atoms with van der Waals surface area (Å²) in [4.78, 5) is 11.3. The van der Waals surface area contributed by atoms with Crippen molar-refractivity contribution in [1.82, 2.24) is 5.32 Å². The lowest BCUT2D eigenvalue weighted by Gasteiger charge is -2.03. The van der Waals surface area contributed by atoms with Crippen LogP contribution < -0.4 is 5.32 Å². The zero-order valence-corrected chi connectivity index (χ0v) is 9.26. The summed E-state index contributed by atoms with van der Waals surface area (Å²) in [5, 5.41) is 2.66. The monoisotopic (exact) mass is 293 g/mol. The Balaban J connectivity index is 2.95. The minimum absolute atomic E-state index is 0.160. The summed E-state index contributed by atoms with van der Waals surface area (Å²) >= 11 is 1.94. The topological polar surface area (TPSA) is 29.1 Å². The van der Waals surface area contributed by atoms with Gasteiger partial charge in [-0.25, -0.2) is 4.39 Å². The molecule has 4 heteroatoms. The van der Waals surface area contributed by atoms with Crippen molar-refractivity contribution in [3.8, 4) is 0 Å². The van der Waals surface area contributed by atoms with Crippen LogP contribution in [0.15, 0.2) is 18.2 Å². The van der Waals surface area contributed by atoms with E-state index >= 15 is 0 Å². The first-order valence-electron chi connectivity index (χ1n) is 3.88. The van der Waals surface area contributed by atoms with Crippen LogP contribution in [0.3, 0.4) is 0 Å². The fraction of sp³-hybridized carbons (Fsp3) is 0.222. The van der Waals surface area contributed by atoms with Gasteiger partial charge in [-0.05, 0) is 47.7 Å². The third kappa shape index (κ3) is 2.65. The standard InChI is InChI=1S/C9H9FINO/c1-2-12-9(13)7-4-3-6(10)5-8(7)11/h3-5H,2H2,1H3,(H,12,13). The van der Waals surface area contributed by atoms with Gasteiger partial charge in [0.25, 0.3) is 5.91 Å². The normalized spacial score (nSPS) is 9.77. The van der Waals surface area contributed by atoms with E-state index in [4.69, 9.17) is 0 Å². The zero-order valence-electron chi connectivity index (χ0n) is 7.10. The van der Waals surface area contributed by atoms with E-state index < -0.39 is 0 Å². The molecule has 0 aliphatic heterocycles. The largest absolute Gasteiger partial charge is 0.352 e. The minimum atomic E-state index is -0.322. The molecule has 0 unspecified atom stereocenters. The molecular weight excluding hydrogens is 284 g/mol. The van der Waals surface area contributed by atoms with Gasteiger partial charge in [0.15, 0.2) is 0 Å². The zero-order chi connectivity index (χ0) is 9.84. The summed E-state index contributed by atoms with van der Waals surface area (Å²) in [6.07, 6.45) is 0. The average molecular weight is 293 g/mol. The van der Waals surface area contributed by atoms with E-state index in [9.17, 15) is 9.18 Å². The highest BCUT2D eigenvalue weighted by molar-refractivity contribution is 14.1. The molecule has 0 fully saturated rings. The number of carbonyl (C=O) groups excluding carboxylic acids is 1. The van der Waals surface area contributed by atoms with E-state index in [1.54, 1.807) is 0 Å². The second-order valence-electron chi connectivity index (χ2n) is 2.48. The van der Waals surface area contributed by atoms with Crippen LogP contribution in [-0.2, 0) is 0 Å². The molecule has 0 radical (unpaired) electrons. The Morgan fingerprint density at radius 1 is 1.62 bits per heavy atom. The van der Waals surface area contributed by atoms with Gasteiger partial charge in [-0.3, -0.25) is 4.79 Å². The van der Waals surface area contributed by atoms with E-state index in [1.165, 1.54) is 18.2 Å². The lowest BCUT2D eigenvalue weighted by molar-refractivity contribution is 0.0955. The maximum atomic E-state index is 12.7. The van der Waals surface area contributed by atoms with E-state index in [1.807, 2.05) is 29.5 Å². The van der Waals surface area contributed by atoms with Gasteiger partial charge in [0, 0.05) is 10.1 Å². The number of carbonyl (C=O) groups is 1. The van der Waals surface area contributed by atoms with Crippen LogP contribution in [0.1, 0.15) is 17.3 Å². The number of halogens is 2. The first kappa shape index (κ1) is 10.4. The molecule has 1 N–H and O–H groups in total. The molecule has 0 aliphatic rings. The van der Waals surface area contributed by atoms with Crippen molar-refractivity contribution in [2.24, 2.45) is 0 Å². The van der Waals surface area contributed by atoms with Crippen LogP contribution in [0.25, 0.3) is 0 Å². The number of hydrogen-bond donors (Lipinski definition) is 1. The number of benzene rings is 1. The van der Waals surface area contributed by atoms with Crippen LogP contribution in [-0.4, -0.2) is 12.5 Å².